The Morgan fingerprint density at radius 3 is 2.64 bits per heavy atom. The highest BCUT2D eigenvalue weighted by Gasteiger charge is 2.09. The third kappa shape index (κ3) is 7.70. The van der Waals surface area contributed by atoms with Crippen molar-refractivity contribution in [2.75, 3.05) is 11.9 Å². The first-order valence-corrected chi connectivity index (χ1v) is 9.94. The van der Waals surface area contributed by atoms with E-state index in [0.717, 1.165) is 22.9 Å². The minimum atomic E-state index is -0.522. The van der Waals surface area contributed by atoms with Crippen molar-refractivity contribution in [3.05, 3.63) is 57.5 Å². The van der Waals surface area contributed by atoms with Gasteiger partial charge in [0.2, 0.25) is 11.8 Å². The Bertz CT molecular complexity index is 841. The van der Waals surface area contributed by atoms with E-state index in [2.05, 4.69) is 38.7 Å². The van der Waals surface area contributed by atoms with Crippen molar-refractivity contribution in [1.29, 1.82) is 0 Å². The largest absolute Gasteiger partial charge is 0.493 e. The van der Waals surface area contributed by atoms with Gasteiger partial charge in [-0.2, -0.15) is 5.10 Å². The summed E-state index contributed by atoms with van der Waals surface area (Å²) in [7, 11) is 0. The molecule has 0 aliphatic heterocycles. The first-order chi connectivity index (χ1) is 13.5. The van der Waals surface area contributed by atoms with Gasteiger partial charge >= 0.3 is 0 Å². The van der Waals surface area contributed by atoms with Crippen molar-refractivity contribution in [2.24, 2.45) is 5.10 Å². The molecule has 0 atom stereocenters. The van der Waals surface area contributed by atoms with E-state index in [1.807, 2.05) is 18.2 Å². The zero-order chi connectivity index (χ0) is 20.4. The van der Waals surface area contributed by atoms with Crippen LogP contribution in [0, 0.1) is 0 Å². The minimum absolute atomic E-state index is 0.349. The minimum Gasteiger partial charge on any atom is -0.493 e. The molecule has 6 nitrogen and oxygen atoms in total. The molecule has 0 spiro atoms. The number of nitrogens with zero attached hydrogens (tertiary/aromatic N) is 1. The fourth-order valence-electron chi connectivity index (χ4n) is 2.18. The molecule has 0 heterocycles. The predicted octanol–water partition coefficient (Wildman–Crippen LogP) is 4.76. The number of halogens is 2. The molecule has 2 aromatic carbocycles. The number of carbonyl (C=O) groups is 2. The molecule has 28 heavy (non-hydrogen) atoms. The lowest BCUT2D eigenvalue weighted by Crippen LogP contribution is -2.24. The molecule has 0 aliphatic rings. The standard InChI is InChI=1S/C20H21BrClN3O3/c1-2-3-10-28-18-9-4-15(21)11-14(18)13-23-25-20(27)12-19(26)24-17-7-5-16(22)6-8-17/h4-9,11,13H,2-3,10,12H2,1H3,(H,24,26)(H,25,27). The van der Waals surface area contributed by atoms with E-state index in [-0.39, 0.29) is 6.42 Å². The molecule has 0 aromatic heterocycles. The van der Waals surface area contributed by atoms with Crippen LogP contribution in [0.15, 0.2) is 52.0 Å². The summed E-state index contributed by atoms with van der Waals surface area (Å²) in [6.07, 6.45) is 3.12. The number of carbonyl (C=O) groups excluding carboxylic acids is 2. The molecule has 0 unspecified atom stereocenters. The fraction of sp³-hybridized carbons (Fsp3) is 0.250. The molecule has 0 fully saturated rings. The van der Waals surface area contributed by atoms with Crippen molar-refractivity contribution in [3.63, 3.8) is 0 Å². The Kier molecular flexibility index (Phi) is 8.97. The molecule has 148 valence electrons. The van der Waals surface area contributed by atoms with E-state index in [9.17, 15) is 9.59 Å². The van der Waals surface area contributed by atoms with E-state index >= 15 is 0 Å². The number of ether oxygens (including phenoxy) is 1. The van der Waals surface area contributed by atoms with Gasteiger partial charge in [-0.05, 0) is 48.9 Å². The normalized spacial score (nSPS) is 10.7. The number of amides is 2. The Morgan fingerprint density at radius 2 is 1.93 bits per heavy atom. The van der Waals surface area contributed by atoms with Crippen LogP contribution in [0.5, 0.6) is 5.75 Å². The van der Waals surface area contributed by atoms with Crippen LogP contribution in [0.4, 0.5) is 5.69 Å². The van der Waals surface area contributed by atoms with Crippen LogP contribution in [-0.2, 0) is 9.59 Å². The van der Waals surface area contributed by atoms with Gasteiger partial charge in [0.25, 0.3) is 0 Å². The van der Waals surface area contributed by atoms with Crippen LogP contribution in [0.25, 0.3) is 0 Å². The first kappa shape index (κ1) is 21.9. The molecule has 2 aromatic rings. The lowest BCUT2D eigenvalue weighted by molar-refractivity contribution is -0.126. The zero-order valence-corrected chi connectivity index (χ0v) is 17.7. The summed E-state index contributed by atoms with van der Waals surface area (Å²) in [5.41, 5.74) is 3.63. The fourth-order valence-corrected chi connectivity index (χ4v) is 2.68. The molecule has 0 bridgehead atoms. The molecular weight excluding hydrogens is 446 g/mol. The molecule has 8 heteroatoms. The molecule has 2 amide bonds. The topological polar surface area (TPSA) is 79.8 Å². The van der Waals surface area contributed by atoms with Crippen molar-refractivity contribution in [1.82, 2.24) is 5.43 Å². The van der Waals surface area contributed by atoms with Crippen LogP contribution in [0.2, 0.25) is 5.02 Å². The lowest BCUT2D eigenvalue weighted by Gasteiger charge is -2.09. The molecule has 0 saturated heterocycles. The molecule has 0 radical (unpaired) electrons. The van der Waals surface area contributed by atoms with Crippen molar-refractivity contribution >= 4 is 51.2 Å². The van der Waals surface area contributed by atoms with E-state index in [0.29, 0.717) is 23.1 Å². The number of hydrogen-bond acceptors (Lipinski definition) is 4. The third-order valence-electron chi connectivity index (χ3n) is 3.57. The second-order valence-electron chi connectivity index (χ2n) is 5.91. The second-order valence-corrected chi connectivity index (χ2v) is 7.26. The maximum atomic E-state index is 11.9. The zero-order valence-electron chi connectivity index (χ0n) is 15.4. The summed E-state index contributed by atoms with van der Waals surface area (Å²) >= 11 is 9.19. The van der Waals surface area contributed by atoms with E-state index in [4.69, 9.17) is 16.3 Å². The van der Waals surface area contributed by atoms with Gasteiger partial charge < -0.3 is 10.1 Å². The van der Waals surface area contributed by atoms with Crippen LogP contribution >= 0.6 is 27.5 Å². The van der Waals surface area contributed by atoms with Gasteiger partial charge in [-0.1, -0.05) is 40.9 Å². The summed E-state index contributed by atoms with van der Waals surface area (Å²) < 4.78 is 6.60. The number of hydrogen-bond donors (Lipinski definition) is 2. The van der Waals surface area contributed by atoms with Gasteiger partial charge in [-0.3, -0.25) is 9.59 Å². The quantitative estimate of drug-likeness (QED) is 0.242. The lowest BCUT2D eigenvalue weighted by atomic mass is 10.2. The Morgan fingerprint density at radius 1 is 1.18 bits per heavy atom. The van der Waals surface area contributed by atoms with Crippen LogP contribution < -0.4 is 15.5 Å². The van der Waals surface area contributed by atoms with Gasteiger partial charge in [0.15, 0.2) is 0 Å². The van der Waals surface area contributed by atoms with Gasteiger partial charge in [-0.15, -0.1) is 0 Å². The summed E-state index contributed by atoms with van der Waals surface area (Å²) in [5.74, 6) is -0.289. The van der Waals surface area contributed by atoms with Gasteiger partial charge in [-0.25, -0.2) is 5.43 Å². The highest BCUT2D eigenvalue weighted by molar-refractivity contribution is 9.10. The monoisotopic (exact) mass is 465 g/mol. The van der Waals surface area contributed by atoms with E-state index in [1.54, 1.807) is 24.3 Å². The summed E-state index contributed by atoms with van der Waals surface area (Å²) in [6.45, 7) is 2.70. The van der Waals surface area contributed by atoms with Crippen LogP contribution in [-0.4, -0.2) is 24.6 Å². The first-order valence-electron chi connectivity index (χ1n) is 8.77. The number of anilines is 1. The van der Waals surface area contributed by atoms with Crippen molar-refractivity contribution in [3.8, 4) is 5.75 Å². The van der Waals surface area contributed by atoms with Crippen LogP contribution in [0.3, 0.4) is 0 Å². The van der Waals surface area contributed by atoms with Crippen molar-refractivity contribution in [2.45, 2.75) is 26.2 Å². The third-order valence-corrected chi connectivity index (χ3v) is 4.31. The van der Waals surface area contributed by atoms with Crippen LogP contribution in [0.1, 0.15) is 31.7 Å². The molecule has 0 aliphatic carbocycles. The smallest absolute Gasteiger partial charge is 0.249 e. The summed E-state index contributed by atoms with van der Waals surface area (Å²) in [4.78, 5) is 23.8. The maximum absolute atomic E-state index is 11.9. The predicted molar refractivity (Wildman–Crippen MR) is 115 cm³/mol. The highest BCUT2D eigenvalue weighted by atomic mass is 79.9. The van der Waals surface area contributed by atoms with E-state index in [1.165, 1.54) is 6.21 Å². The SMILES string of the molecule is CCCCOc1ccc(Br)cc1C=NNC(=O)CC(=O)Nc1ccc(Cl)cc1. The number of unbranched alkanes of at least 4 members (excludes halogenated alkanes) is 1. The van der Waals surface area contributed by atoms with E-state index < -0.39 is 11.8 Å². The van der Waals surface area contributed by atoms with Gasteiger partial charge in [0.1, 0.15) is 12.2 Å². The average Bonchev–Trinajstić information content (AvgIpc) is 2.65. The van der Waals surface area contributed by atoms with Crippen molar-refractivity contribution < 1.29 is 14.3 Å². The number of rotatable bonds is 9. The number of nitrogens with one attached hydrogen (secondary N) is 2. The number of benzene rings is 2. The average molecular weight is 467 g/mol. The Labute approximate surface area is 177 Å². The second kappa shape index (κ2) is 11.5. The summed E-state index contributed by atoms with van der Waals surface area (Å²) in [6, 6.07) is 12.2. The Balaban J connectivity index is 1.87. The van der Waals surface area contributed by atoms with Gasteiger partial charge in [0.05, 0.1) is 12.8 Å². The molecule has 2 rings (SSSR count). The summed E-state index contributed by atoms with van der Waals surface area (Å²) in [5, 5.41) is 7.10. The molecule has 0 saturated carbocycles. The highest BCUT2D eigenvalue weighted by Crippen LogP contribution is 2.22. The maximum Gasteiger partial charge on any atom is 0.249 e. The molecule has 2 N–H and O–H groups in total. The Hall–Kier alpha value is -2.38. The molecular formula is C20H21BrClN3O3. The van der Waals surface area contributed by atoms with Gasteiger partial charge in [0, 0.05) is 20.7 Å². The number of hydrazone groups is 1.